The Morgan fingerprint density at radius 3 is 2.21 bits per heavy atom. The topological polar surface area (TPSA) is 12.9 Å². The highest BCUT2D eigenvalue weighted by atomic mass is 19.4. The molecule has 0 bridgehead atoms. The second kappa shape index (κ2) is 3.47. The highest BCUT2D eigenvalue weighted by Gasteiger charge is 2.32. The van der Waals surface area contributed by atoms with Gasteiger partial charge in [-0.25, -0.2) is 13.8 Å². The molecule has 1 aromatic heterocycles. The van der Waals surface area contributed by atoms with Gasteiger partial charge in [0.2, 0.25) is 5.95 Å². The normalized spacial score (nSPS) is 12.2. The van der Waals surface area contributed by atoms with E-state index < -0.39 is 29.7 Å². The van der Waals surface area contributed by atoms with E-state index in [1.54, 1.807) is 0 Å². The summed E-state index contributed by atoms with van der Waals surface area (Å²) >= 11 is 0. The van der Waals surface area contributed by atoms with Crippen LogP contribution in [0, 0.1) is 5.95 Å². The fourth-order valence-electron chi connectivity index (χ4n) is 0.773. The van der Waals surface area contributed by atoms with Crippen LogP contribution in [0.4, 0.5) is 26.3 Å². The molecule has 1 heterocycles. The minimum atomic E-state index is -4.80. The first-order valence-electron chi connectivity index (χ1n) is 3.33. The zero-order valence-electron chi connectivity index (χ0n) is 6.45. The molecule has 0 atom stereocenters. The van der Waals surface area contributed by atoms with Gasteiger partial charge in [0.15, 0.2) is 0 Å². The van der Waals surface area contributed by atoms with Crippen LogP contribution in [0.25, 0.3) is 0 Å². The Labute approximate surface area is 74.4 Å². The lowest BCUT2D eigenvalue weighted by molar-refractivity contribution is -0.138. The van der Waals surface area contributed by atoms with Gasteiger partial charge in [0.25, 0.3) is 6.43 Å². The van der Waals surface area contributed by atoms with Crippen molar-refractivity contribution in [3.8, 4) is 0 Å². The Kier molecular flexibility index (Phi) is 2.68. The molecule has 0 aliphatic heterocycles. The van der Waals surface area contributed by atoms with Gasteiger partial charge in [-0.1, -0.05) is 0 Å². The molecular formula is C7H3F6N. The van der Waals surface area contributed by atoms with Gasteiger partial charge in [-0.3, -0.25) is 0 Å². The molecule has 0 saturated carbocycles. The molecule has 0 amide bonds. The Hall–Kier alpha value is -1.27. The van der Waals surface area contributed by atoms with Gasteiger partial charge in [0.1, 0.15) is 0 Å². The molecule has 0 fully saturated rings. The number of hydrogen-bond donors (Lipinski definition) is 0. The van der Waals surface area contributed by atoms with E-state index in [0.717, 1.165) is 0 Å². The summed E-state index contributed by atoms with van der Waals surface area (Å²) in [5.74, 6) is -1.59. The second-order valence-electron chi connectivity index (χ2n) is 2.40. The zero-order chi connectivity index (χ0) is 10.9. The van der Waals surface area contributed by atoms with E-state index in [0.29, 0.717) is 0 Å². The third kappa shape index (κ3) is 2.15. The smallest absolute Gasteiger partial charge is 0.227 e. The lowest BCUT2D eigenvalue weighted by atomic mass is 10.2. The Morgan fingerprint density at radius 1 is 1.21 bits per heavy atom. The molecule has 14 heavy (non-hydrogen) atoms. The van der Waals surface area contributed by atoms with Crippen molar-refractivity contribution in [3.05, 3.63) is 29.3 Å². The molecular weight excluding hydrogens is 212 g/mol. The van der Waals surface area contributed by atoms with E-state index in [1.165, 1.54) is 0 Å². The van der Waals surface area contributed by atoms with Crippen molar-refractivity contribution in [2.45, 2.75) is 12.6 Å². The van der Waals surface area contributed by atoms with Crippen molar-refractivity contribution in [3.63, 3.8) is 0 Å². The van der Waals surface area contributed by atoms with E-state index in [4.69, 9.17) is 0 Å². The molecule has 0 N–H and O–H groups in total. The van der Waals surface area contributed by atoms with E-state index in [2.05, 4.69) is 4.98 Å². The molecule has 0 spiro atoms. The van der Waals surface area contributed by atoms with E-state index in [9.17, 15) is 26.3 Å². The van der Waals surface area contributed by atoms with Crippen LogP contribution in [0.1, 0.15) is 17.6 Å². The van der Waals surface area contributed by atoms with Gasteiger partial charge in [0, 0.05) is 6.20 Å². The van der Waals surface area contributed by atoms with Gasteiger partial charge < -0.3 is 0 Å². The third-order valence-corrected chi connectivity index (χ3v) is 1.43. The predicted molar refractivity (Wildman–Crippen MR) is 34.2 cm³/mol. The van der Waals surface area contributed by atoms with Gasteiger partial charge in [0.05, 0.1) is 11.1 Å². The fourth-order valence-corrected chi connectivity index (χ4v) is 0.773. The number of alkyl halides is 5. The minimum absolute atomic E-state index is 0.0486. The van der Waals surface area contributed by atoms with Crippen LogP contribution in [0.2, 0.25) is 0 Å². The van der Waals surface area contributed by atoms with Crippen molar-refractivity contribution in [2.75, 3.05) is 0 Å². The molecule has 0 aromatic carbocycles. The standard InChI is InChI=1S/C7H3F6N/c8-5(9)4-1-3(7(11,12)13)2-14-6(4)10/h1-2,5H. The fraction of sp³-hybridized carbons (Fsp3) is 0.286. The zero-order valence-corrected chi connectivity index (χ0v) is 6.45. The predicted octanol–water partition coefficient (Wildman–Crippen LogP) is 3.18. The van der Waals surface area contributed by atoms with Gasteiger partial charge in [-0.2, -0.15) is 17.6 Å². The summed E-state index contributed by atoms with van der Waals surface area (Å²) in [5, 5.41) is 0. The first kappa shape index (κ1) is 10.8. The molecule has 0 radical (unpaired) electrons. The summed E-state index contributed by atoms with van der Waals surface area (Å²) in [7, 11) is 0. The number of hydrogen-bond acceptors (Lipinski definition) is 1. The highest BCUT2D eigenvalue weighted by Crippen LogP contribution is 2.31. The van der Waals surface area contributed by atoms with Crippen molar-refractivity contribution >= 4 is 0 Å². The molecule has 0 aliphatic rings. The maximum absolute atomic E-state index is 12.5. The average Bonchev–Trinajstić information content (AvgIpc) is 2.02. The van der Waals surface area contributed by atoms with Gasteiger partial charge in [-0.15, -0.1) is 0 Å². The number of nitrogens with zero attached hydrogens (tertiary/aromatic N) is 1. The molecule has 0 aliphatic carbocycles. The summed E-state index contributed by atoms with van der Waals surface area (Å²) in [6.45, 7) is 0. The lowest BCUT2D eigenvalue weighted by Crippen LogP contribution is -2.08. The van der Waals surface area contributed by atoms with E-state index in [-0.39, 0.29) is 12.3 Å². The first-order chi connectivity index (χ1) is 6.32. The lowest BCUT2D eigenvalue weighted by Gasteiger charge is -2.07. The number of aromatic nitrogens is 1. The van der Waals surface area contributed by atoms with E-state index >= 15 is 0 Å². The van der Waals surface area contributed by atoms with Crippen LogP contribution >= 0.6 is 0 Å². The van der Waals surface area contributed by atoms with E-state index in [1.807, 2.05) is 0 Å². The van der Waals surface area contributed by atoms with Crippen molar-refractivity contribution in [2.24, 2.45) is 0 Å². The first-order valence-corrected chi connectivity index (χ1v) is 3.33. The largest absolute Gasteiger partial charge is 0.417 e. The Balaban J connectivity index is 3.20. The molecule has 7 heteroatoms. The average molecular weight is 215 g/mol. The molecule has 0 unspecified atom stereocenters. The molecule has 78 valence electrons. The van der Waals surface area contributed by atoms with Gasteiger partial charge >= 0.3 is 6.18 Å². The summed E-state index contributed by atoms with van der Waals surface area (Å²) in [6, 6.07) is 0.0486. The van der Waals surface area contributed by atoms with Crippen LogP contribution < -0.4 is 0 Å². The molecule has 1 nitrogen and oxygen atoms in total. The SMILES string of the molecule is Fc1ncc(C(F)(F)F)cc1C(F)F. The summed E-state index contributed by atoms with van der Waals surface area (Å²) in [6.07, 6.45) is -7.95. The number of halogens is 6. The van der Waals surface area contributed by atoms with Crippen molar-refractivity contribution < 1.29 is 26.3 Å². The van der Waals surface area contributed by atoms with Crippen LogP contribution in [0.5, 0.6) is 0 Å². The monoisotopic (exact) mass is 215 g/mol. The van der Waals surface area contributed by atoms with Crippen molar-refractivity contribution in [1.82, 2.24) is 4.98 Å². The van der Waals surface area contributed by atoms with Crippen LogP contribution in [0.15, 0.2) is 12.3 Å². The third-order valence-electron chi connectivity index (χ3n) is 1.43. The van der Waals surface area contributed by atoms with Crippen LogP contribution in [-0.2, 0) is 6.18 Å². The van der Waals surface area contributed by atoms with Crippen molar-refractivity contribution in [1.29, 1.82) is 0 Å². The summed E-state index contributed by atoms with van der Waals surface area (Å²) in [4.78, 5) is 2.60. The Morgan fingerprint density at radius 2 is 1.79 bits per heavy atom. The molecule has 1 aromatic rings. The minimum Gasteiger partial charge on any atom is -0.227 e. The summed E-state index contributed by atoms with van der Waals surface area (Å²) < 4.78 is 72.2. The summed E-state index contributed by atoms with van der Waals surface area (Å²) in [5.41, 5.74) is -2.74. The van der Waals surface area contributed by atoms with Crippen LogP contribution in [0.3, 0.4) is 0 Å². The van der Waals surface area contributed by atoms with Crippen LogP contribution in [-0.4, -0.2) is 4.98 Å². The Bertz CT molecular complexity index is 331. The number of rotatable bonds is 1. The number of pyridine rings is 1. The maximum atomic E-state index is 12.5. The van der Waals surface area contributed by atoms with Gasteiger partial charge in [-0.05, 0) is 6.07 Å². The highest BCUT2D eigenvalue weighted by molar-refractivity contribution is 5.22. The second-order valence-corrected chi connectivity index (χ2v) is 2.40. The quantitative estimate of drug-likeness (QED) is 0.517. The molecule has 0 saturated heterocycles. The maximum Gasteiger partial charge on any atom is 0.417 e. The molecule has 1 rings (SSSR count).